The molecule has 21 N–H and O–H groups in total. The summed E-state index contributed by atoms with van der Waals surface area (Å²) in [6.07, 6.45) is -53.9. The highest BCUT2D eigenvalue weighted by molar-refractivity contribution is 5.74. The Bertz CT molecular complexity index is 2300. The maximum Gasteiger partial charge on any atom is 0.217 e. The Labute approximate surface area is 527 Å². The molecule has 0 aromatic rings. The van der Waals surface area contributed by atoms with E-state index in [4.69, 9.17) is 61.6 Å². The average Bonchev–Trinajstić information content (AvgIpc) is 0.806. The fourth-order valence-corrected chi connectivity index (χ4v) is 12.0. The molecule has 13 unspecified atom stereocenters. The highest BCUT2D eigenvalue weighted by Gasteiger charge is 2.57. The Kier molecular flexibility index (Phi) is 29.8. The average molecular weight is 1340 g/mol. The molecule has 0 spiro atoms. The molecule has 0 aliphatic carbocycles. The van der Waals surface area contributed by atoms with E-state index in [-0.39, 0.29) is 6.61 Å². The van der Waals surface area contributed by atoms with E-state index in [1.807, 2.05) is 0 Å². The molecular formula is C54H94N4O34. The fraction of sp³-hybridized carbons (Fsp3) is 0.926. The van der Waals surface area contributed by atoms with Crippen LogP contribution in [0.1, 0.15) is 54.9 Å². The van der Waals surface area contributed by atoms with Crippen LogP contribution in [0.3, 0.4) is 0 Å². The van der Waals surface area contributed by atoms with Crippen LogP contribution in [0, 0.1) is 5.92 Å². The summed E-state index contributed by atoms with van der Waals surface area (Å²) in [6, 6.07) is -6.13. The highest BCUT2D eigenvalue weighted by Crippen LogP contribution is 2.37. The number of carbonyl (C=O) groups is 4. The molecule has 38 heteroatoms. The summed E-state index contributed by atoms with van der Waals surface area (Å²) >= 11 is 0. The van der Waals surface area contributed by atoms with Gasteiger partial charge in [0.1, 0.15) is 134 Å². The maximum atomic E-state index is 12.7. The van der Waals surface area contributed by atoms with Crippen LogP contribution in [-0.2, 0) is 80.8 Å². The second kappa shape index (κ2) is 35.3. The Hall–Kier alpha value is -3.32. The van der Waals surface area contributed by atoms with Gasteiger partial charge < -0.3 is 170 Å². The summed E-state index contributed by atoms with van der Waals surface area (Å²) in [5, 5.41) is 198. The van der Waals surface area contributed by atoms with Gasteiger partial charge in [-0.05, 0) is 20.3 Å². The standard InChI is InChI=1S/C54H94N4O34/c1-8-80-43-17(2)24(11-59)83-53(48(43)92-51-32(57-21(6)67)38(74)35(71)26(13-61)85-51)81-10-9-23(69)44(89-54-47(41(77)36(72)27(14-62)86-54)91-50-31(56-20(5)66)37(73)34(70)25(12-60)84-50)42(78)49(79)88-45-29(16-64)87-52(33(40(45)76)58-22(7)68)90-46-28(15-63)82-18(3)30(39(46)75)55-19(4)65/h17-18,23-54,59-64,69-79H,8-16H2,1-7H3,(H,55,65)(H,56,66)(H,57,67)(H,58,68)/t17-,18+,23-,24?,25?,26+,27-,28?,29?,30-,31+,32?,33+,34-,35-,36-,37?,38?,39?,40?,41?,42-,43?,44?,45-,46-,47?,48-,49+,50+,51+,52+,53+,54-/m1/s1. The van der Waals surface area contributed by atoms with E-state index in [2.05, 4.69) is 21.3 Å². The first kappa shape index (κ1) is 77.7. The molecule has 6 fully saturated rings. The second-order valence-electron chi connectivity index (χ2n) is 23.4. The van der Waals surface area contributed by atoms with Crippen molar-refractivity contribution in [3.8, 4) is 0 Å². The lowest BCUT2D eigenvalue weighted by Crippen LogP contribution is -2.69. The quantitative estimate of drug-likeness (QED) is 0.0309. The van der Waals surface area contributed by atoms with E-state index >= 15 is 0 Å². The van der Waals surface area contributed by atoms with Crippen LogP contribution in [0.15, 0.2) is 0 Å². The van der Waals surface area contributed by atoms with Crippen LogP contribution in [0.25, 0.3) is 0 Å². The van der Waals surface area contributed by atoms with Gasteiger partial charge in [0.15, 0.2) is 37.7 Å². The van der Waals surface area contributed by atoms with Crippen molar-refractivity contribution in [2.24, 2.45) is 5.92 Å². The number of carbonyl (C=O) groups excluding carboxylic acids is 4. The van der Waals surface area contributed by atoms with Crippen LogP contribution in [0.5, 0.6) is 0 Å². The summed E-state index contributed by atoms with van der Waals surface area (Å²) in [4.78, 5) is 49.6. The van der Waals surface area contributed by atoms with E-state index in [9.17, 15) is 106 Å². The molecule has 534 valence electrons. The van der Waals surface area contributed by atoms with E-state index in [1.54, 1.807) is 13.8 Å². The number of nitrogens with one attached hydrogen (secondary N) is 4. The van der Waals surface area contributed by atoms with Gasteiger partial charge in [-0.15, -0.1) is 0 Å². The van der Waals surface area contributed by atoms with Crippen LogP contribution in [-0.4, -0.2) is 366 Å². The monoisotopic (exact) mass is 1340 g/mol. The van der Waals surface area contributed by atoms with Gasteiger partial charge in [-0.1, -0.05) is 6.92 Å². The molecule has 0 radical (unpaired) electrons. The fourth-order valence-electron chi connectivity index (χ4n) is 12.0. The molecule has 6 rings (SSSR count). The lowest BCUT2D eigenvalue weighted by atomic mass is 9.90. The lowest BCUT2D eigenvalue weighted by molar-refractivity contribution is -0.373. The van der Waals surface area contributed by atoms with Gasteiger partial charge in [-0.25, -0.2) is 0 Å². The first-order valence-electron chi connectivity index (χ1n) is 30.2. The molecular weight excluding hydrogens is 1250 g/mol. The molecule has 6 heterocycles. The summed E-state index contributed by atoms with van der Waals surface area (Å²) in [7, 11) is 0. The van der Waals surface area contributed by atoms with Gasteiger partial charge in [0.25, 0.3) is 0 Å². The van der Waals surface area contributed by atoms with E-state index in [0.29, 0.717) is 0 Å². The van der Waals surface area contributed by atoms with Crippen LogP contribution >= 0.6 is 0 Å². The van der Waals surface area contributed by atoms with Gasteiger partial charge in [0.05, 0.1) is 76.7 Å². The molecule has 0 aromatic heterocycles. The minimum atomic E-state index is -2.74. The van der Waals surface area contributed by atoms with Gasteiger partial charge in [0.2, 0.25) is 23.6 Å². The Morgan fingerprint density at radius 3 is 1.27 bits per heavy atom. The number of aliphatic hydroxyl groups excluding tert-OH is 17. The molecule has 0 saturated carbocycles. The molecule has 38 nitrogen and oxygen atoms in total. The third kappa shape index (κ3) is 18.5. The zero-order valence-electron chi connectivity index (χ0n) is 51.5. The molecule has 92 heavy (non-hydrogen) atoms. The van der Waals surface area contributed by atoms with Gasteiger partial charge in [-0.2, -0.15) is 0 Å². The van der Waals surface area contributed by atoms with E-state index in [1.165, 1.54) is 6.92 Å². The minimum Gasteiger partial charge on any atom is -0.394 e. The molecule has 0 aromatic carbocycles. The molecule has 34 atom stereocenters. The maximum absolute atomic E-state index is 12.7. The predicted octanol–water partition coefficient (Wildman–Crippen LogP) is -12.3. The summed E-state index contributed by atoms with van der Waals surface area (Å²) in [5.41, 5.74) is 0. The van der Waals surface area contributed by atoms with Crippen molar-refractivity contribution in [3.63, 3.8) is 0 Å². The van der Waals surface area contributed by atoms with Crippen molar-refractivity contribution in [2.45, 2.75) is 257 Å². The Morgan fingerprint density at radius 1 is 0.413 bits per heavy atom. The van der Waals surface area contributed by atoms with Crippen molar-refractivity contribution < 1.29 is 168 Å². The number of hydrogen-bond donors (Lipinski definition) is 21. The van der Waals surface area contributed by atoms with Gasteiger partial charge in [0, 0.05) is 40.2 Å². The van der Waals surface area contributed by atoms with Crippen LogP contribution in [0.2, 0.25) is 0 Å². The smallest absolute Gasteiger partial charge is 0.217 e. The predicted molar refractivity (Wildman–Crippen MR) is 296 cm³/mol. The number of ether oxygens (including phenoxy) is 13. The summed E-state index contributed by atoms with van der Waals surface area (Å²) in [5.74, 6) is -3.66. The third-order valence-corrected chi connectivity index (χ3v) is 16.8. The minimum absolute atomic E-state index is 0.0143. The molecule has 6 aliphatic rings. The lowest BCUT2D eigenvalue weighted by Gasteiger charge is -2.49. The van der Waals surface area contributed by atoms with Crippen molar-refractivity contribution in [1.29, 1.82) is 0 Å². The molecule has 0 bridgehead atoms. The molecule has 6 saturated heterocycles. The topological polar surface area (TPSA) is 580 Å². The zero-order valence-corrected chi connectivity index (χ0v) is 51.5. The zero-order chi connectivity index (χ0) is 68.3. The molecule has 4 amide bonds. The number of rotatable bonds is 29. The van der Waals surface area contributed by atoms with Gasteiger partial charge >= 0.3 is 0 Å². The number of hydrogen-bond acceptors (Lipinski definition) is 34. The van der Waals surface area contributed by atoms with Crippen molar-refractivity contribution in [2.75, 3.05) is 52.9 Å². The first-order valence-corrected chi connectivity index (χ1v) is 30.2. The Morgan fingerprint density at radius 2 is 0.804 bits per heavy atom. The first-order chi connectivity index (χ1) is 43.5. The molecule has 6 aliphatic heterocycles. The summed E-state index contributed by atoms with van der Waals surface area (Å²) in [6.45, 7) is 2.96. The number of aliphatic hydroxyl groups is 17. The second-order valence-corrected chi connectivity index (χ2v) is 23.4. The van der Waals surface area contributed by atoms with Crippen molar-refractivity contribution >= 4 is 23.6 Å². The summed E-state index contributed by atoms with van der Waals surface area (Å²) < 4.78 is 77.9. The van der Waals surface area contributed by atoms with E-state index in [0.717, 1.165) is 27.7 Å². The van der Waals surface area contributed by atoms with Crippen LogP contribution < -0.4 is 21.3 Å². The third-order valence-electron chi connectivity index (χ3n) is 16.8. The van der Waals surface area contributed by atoms with Crippen molar-refractivity contribution in [1.82, 2.24) is 21.3 Å². The normalized spacial score (nSPS) is 43.2. The highest BCUT2D eigenvalue weighted by atomic mass is 16.8. The Balaban J connectivity index is 1.35. The van der Waals surface area contributed by atoms with Crippen LogP contribution in [0.4, 0.5) is 0 Å². The largest absolute Gasteiger partial charge is 0.394 e. The number of amides is 4. The van der Waals surface area contributed by atoms with E-state index < -0.39 is 285 Å². The van der Waals surface area contributed by atoms with Crippen molar-refractivity contribution in [3.05, 3.63) is 0 Å². The van der Waals surface area contributed by atoms with Gasteiger partial charge in [-0.3, -0.25) is 19.2 Å². The SMILES string of the molecule is CCOC1[C@H](C)C(CO)O[C@H](OCC[C@@H](O)C(O[C@H]2O[C@H](CO)[C@@H](O)C(O)C2O[C@@H]2OC(CO)[C@@H](O)C(O)[C@@H]2NC(C)=O)[C@@H](O)[C@@H](O)O[C@@H]2C(CO)O[C@@H](O[C@@H]3C(CO)O[C@@H](C)[C@@H](NC(C)=O)C3O)[C@@H](NC(C)=O)C2O)[C@@H]1O[C@@H]1O[C@@H](CO)[C@@H](O)C(O)C1NC(C)=O.